The molecule has 0 saturated carbocycles. The molecule has 1 aromatic rings. The summed E-state index contributed by atoms with van der Waals surface area (Å²) in [7, 11) is 0. The number of aromatic carboxylic acids is 1. The summed E-state index contributed by atoms with van der Waals surface area (Å²) < 4.78 is 0. The van der Waals surface area contributed by atoms with Gasteiger partial charge >= 0.3 is 5.97 Å². The van der Waals surface area contributed by atoms with Crippen LogP contribution in [-0.2, 0) is 11.3 Å². The van der Waals surface area contributed by atoms with E-state index < -0.39 is 11.5 Å². The third kappa shape index (κ3) is 4.33. The average Bonchev–Trinajstić information content (AvgIpc) is 2.36. The number of carbonyl (C=O) groups is 2. The number of likely N-dealkylation sites (N-methyl/N-ethyl adjacent to an activating group) is 1. The summed E-state index contributed by atoms with van der Waals surface area (Å²) in [5.74, 6) is -1.17. The molecular formula is C13H19N3O3. The predicted octanol–water partition coefficient (Wildman–Crippen LogP) is 0.784. The third-order valence-corrected chi connectivity index (χ3v) is 2.68. The van der Waals surface area contributed by atoms with E-state index in [-0.39, 0.29) is 18.0 Å². The minimum atomic E-state index is -1.01. The fraction of sp³-hybridized carbons (Fsp3) is 0.462. The summed E-state index contributed by atoms with van der Waals surface area (Å²) >= 11 is 0. The van der Waals surface area contributed by atoms with Gasteiger partial charge in [0.25, 0.3) is 0 Å². The molecule has 0 aliphatic heterocycles. The maximum atomic E-state index is 11.9. The number of nitrogens with zero attached hydrogens (tertiary/aromatic N) is 1. The lowest BCUT2D eigenvalue weighted by molar-refractivity contribution is -0.126. The molecule has 6 heteroatoms. The Balaban J connectivity index is 2.64. The summed E-state index contributed by atoms with van der Waals surface area (Å²) in [5.41, 5.74) is 0.00448. The van der Waals surface area contributed by atoms with E-state index in [1.165, 1.54) is 18.3 Å². The molecule has 6 nitrogen and oxygen atoms in total. The van der Waals surface area contributed by atoms with E-state index in [1.807, 2.05) is 6.92 Å². The van der Waals surface area contributed by atoms with Gasteiger partial charge in [0.2, 0.25) is 5.91 Å². The monoisotopic (exact) mass is 265 g/mol. The van der Waals surface area contributed by atoms with Crippen LogP contribution in [0.15, 0.2) is 18.3 Å². The van der Waals surface area contributed by atoms with Crippen molar-refractivity contribution in [2.24, 2.45) is 0 Å². The van der Waals surface area contributed by atoms with Crippen molar-refractivity contribution in [2.75, 3.05) is 6.54 Å². The van der Waals surface area contributed by atoms with Crippen LogP contribution in [0.2, 0.25) is 0 Å². The highest BCUT2D eigenvalue weighted by Gasteiger charge is 2.25. The van der Waals surface area contributed by atoms with Crippen molar-refractivity contribution in [2.45, 2.75) is 32.9 Å². The molecule has 0 fully saturated rings. The standard InChI is InChI=1S/C13H19N3O3/c1-4-16-13(2,3)12(19)15-8-10-7-9(11(17)18)5-6-14-10/h5-7,16H,4,8H2,1-3H3,(H,15,19)(H,17,18). The number of hydrogen-bond acceptors (Lipinski definition) is 4. The Bertz CT molecular complexity index is 472. The molecule has 3 N–H and O–H groups in total. The number of carbonyl (C=O) groups excluding carboxylic acids is 1. The van der Waals surface area contributed by atoms with Crippen molar-refractivity contribution >= 4 is 11.9 Å². The zero-order valence-corrected chi connectivity index (χ0v) is 11.4. The molecular weight excluding hydrogens is 246 g/mol. The van der Waals surface area contributed by atoms with Gasteiger partial charge in [0, 0.05) is 6.20 Å². The topological polar surface area (TPSA) is 91.3 Å². The van der Waals surface area contributed by atoms with Gasteiger partial charge in [0.1, 0.15) is 0 Å². The van der Waals surface area contributed by atoms with E-state index in [1.54, 1.807) is 13.8 Å². The fourth-order valence-electron chi connectivity index (χ4n) is 1.62. The van der Waals surface area contributed by atoms with Crippen LogP contribution >= 0.6 is 0 Å². The minimum absolute atomic E-state index is 0.156. The number of nitrogens with one attached hydrogen (secondary N) is 2. The fourth-order valence-corrected chi connectivity index (χ4v) is 1.62. The van der Waals surface area contributed by atoms with Gasteiger partial charge in [-0.05, 0) is 32.5 Å². The minimum Gasteiger partial charge on any atom is -0.478 e. The van der Waals surface area contributed by atoms with Crippen molar-refractivity contribution in [1.29, 1.82) is 0 Å². The molecule has 0 aliphatic carbocycles. The normalized spacial score (nSPS) is 11.1. The van der Waals surface area contributed by atoms with Gasteiger partial charge in [0.05, 0.1) is 23.3 Å². The summed E-state index contributed by atoms with van der Waals surface area (Å²) in [4.78, 5) is 26.8. The van der Waals surface area contributed by atoms with Crippen molar-refractivity contribution in [1.82, 2.24) is 15.6 Å². The average molecular weight is 265 g/mol. The smallest absolute Gasteiger partial charge is 0.335 e. The van der Waals surface area contributed by atoms with Crippen LogP contribution in [0.25, 0.3) is 0 Å². The summed E-state index contributed by atoms with van der Waals surface area (Å²) in [6.07, 6.45) is 1.42. The zero-order valence-electron chi connectivity index (χ0n) is 11.4. The van der Waals surface area contributed by atoms with Crippen LogP contribution in [0, 0.1) is 0 Å². The lowest BCUT2D eigenvalue weighted by atomic mass is 10.0. The molecule has 0 atom stereocenters. The van der Waals surface area contributed by atoms with Crippen molar-refractivity contribution in [3.8, 4) is 0 Å². The molecule has 0 aliphatic rings. The first-order valence-corrected chi connectivity index (χ1v) is 6.08. The highest BCUT2D eigenvalue weighted by molar-refractivity contribution is 5.87. The Morgan fingerprint density at radius 3 is 2.68 bits per heavy atom. The van der Waals surface area contributed by atoms with Crippen molar-refractivity contribution in [3.05, 3.63) is 29.6 Å². The van der Waals surface area contributed by atoms with Crippen LogP contribution in [0.4, 0.5) is 0 Å². The van der Waals surface area contributed by atoms with Gasteiger partial charge in [-0.3, -0.25) is 9.78 Å². The zero-order chi connectivity index (χ0) is 14.5. The van der Waals surface area contributed by atoms with Gasteiger partial charge in [-0.2, -0.15) is 0 Å². The number of hydrogen-bond donors (Lipinski definition) is 3. The Labute approximate surface area is 112 Å². The molecule has 0 bridgehead atoms. The van der Waals surface area contributed by atoms with E-state index in [4.69, 9.17) is 5.11 Å². The highest BCUT2D eigenvalue weighted by Crippen LogP contribution is 2.04. The molecule has 104 valence electrons. The summed E-state index contributed by atoms with van der Waals surface area (Å²) in [6.45, 7) is 6.38. The first kappa shape index (κ1) is 15.1. The molecule has 0 spiro atoms. The van der Waals surface area contributed by atoms with E-state index in [9.17, 15) is 9.59 Å². The van der Waals surface area contributed by atoms with Gasteiger partial charge in [-0.25, -0.2) is 4.79 Å². The van der Waals surface area contributed by atoms with E-state index >= 15 is 0 Å². The molecule has 1 aromatic heterocycles. The Hall–Kier alpha value is -1.95. The van der Waals surface area contributed by atoms with Crippen LogP contribution in [0.5, 0.6) is 0 Å². The number of rotatable bonds is 6. The second-order valence-corrected chi connectivity index (χ2v) is 4.68. The molecule has 19 heavy (non-hydrogen) atoms. The van der Waals surface area contributed by atoms with E-state index in [2.05, 4.69) is 15.6 Å². The van der Waals surface area contributed by atoms with Gasteiger partial charge < -0.3 is 15.7 Å². The number of aromatic nitrogens is 1. The lowest BCUT2D eigenvalue weighted by Gasteiger charge is -2.24. The molecule has 0 aromatic carbocycles. The molecule has 1 heterocycles. The van der Waals surface area contributed by atoms with E-state index in [0.29, 0.717) is 12.2 Å². The number of pyridine rings is 1. The maximum Gasteiger partial charge on any atom is 0.335 e. The second kappa shape index (κ2) is 6.29. The van der Waals surface area contributed by atoms with Crippen LogP contribution in [-0.4, -0.2) is 34.1 Å². The maximum absolute atomic E-state index is 11.9. The first-order chi connectivity index (χ1) is 8.86. The van der Waals surface area contributed by atoms with Crippen LogP contribution < -0.4 is 10.6 Å². The number of carboxylic acid groups (broad SMARTS) is 1. The summed E-state index contributed by atoms with van der Waals surface area (Å²) in [6, 6.07) is 2.86. The third-order valence-electron chi connectivity index (χ3n) is 2.68. The number of carboxylic acids is 1. The summed E-state index contributed by atoms with van der Waals surface area (Å²) in [5, 5.41) is 14.7. The predicted molar refractivity (Wildman–Crippen MR) is 70.8 cm³/mol. The van der Waals surface area contributed by atoms with Gasteiger partial charge in [0.15, 0.2) is 0 Å². The molecule has 0 radical (unpaired) electrons. The molecule has 0 saturated heterocycles. The van der Waals surface area contributed by atoms with Crippen molar-refractivity contribution in [3.63, 3.8) is 0 Å². The Morgan fingerprint density at radius 1 is 1.42 bits per heavy atom. The van der Waals surface area contributed by atoms with Crippen LogP contribution in [0.1, 0.15) is 36.8 Å². The molecule has 1 amide bonds. The second-order valence-electron chi connectivity index (χ2n) is 4.68. The lowest BCUT2D eigenvalue weighted by Crippen LogP contribution is -2.52. The Morgan fingerprint density at radius 2 is 2.11 bits per heavy atom. The SMILES string of the molecule is CCNC(C)(C)C(=O)NCc1cc(C(=O)O)ccn1. The largest absolute Gasteiger partial charge is 0.478 e. The van der Waals surface area contributed by atoms with E-state index in [0.717, 1.165) is 0 Å². The first-order valence-electron chi connectivity index (χ1n) is 6.08. The molecule has 1 rings (SSSR count). The van der Waals surface area contributed by atoms with Crippen LogP contribution in [0.3, 0.4) is 0 Å². The van der Waals surface area contributed by atoms with Gasteiger partial charge in [-0.15, -0.1) is 0 Å². The quantitative estimate of drug-likeness (QED) is 0.707. The van der Waals surface area contributed by atoms with Crippen molar-refractivity contribution < 1.29 is 14.7 Å². The number of amides is 1. The Kier molecular flexibility index (Phi) is 5.00. The highest BCUT2D eigenvalue weighted by atomic mass is 16.4. The van der Waals surface area contributed by atoms with Gasteiger partial charge in [-0.1, -0.05) is 6.92 Å². The molecule has 0 unspecified atom stereocenters.